The average Bonchev–Trinajstić information content (AvgIpc) is 2.73. The molecule has 110 valence electrons. The van der Waals surface area contributed by atoms with Gasteiger partial charge in [0, 0.05) is 6.42 Å². The van der Waals surface area contributed by atoms with Gasteiger partial charge in [0.25, 0.3) is 0 Å². The first-order valence-corrected chi connectivity index (χ1v) is 8.48. The molecule has 1 unspecified atom stereocenters. The molecule has 0 aliphatic carbocycles. The standard InChI is InChI=1S/C17H15Br2FO/c1-17(2)9-11-8-10(6-7-14(11)21-17)15(18)12-4-3-5-13(20)16(12)19/h3-8,15H,9H2,1-2H3. The van der Waals surface area contributed by atoms with Crippen molar-refractivity contribution in [2.24, 2.45) is 0 Å². The fourth-order valence-electron chi connectivity index (χ4n) is 2.68. The van der Waals surface area contributed by atoms with Crippen molar-refractivity contribution in [3.05, 3.63) is 63.4 Å². The molecule has 1 nitrogen and oxygen atoms in total. The summed E-state index contributed by atoms with van der Waals surface area (Å²) >= 11 is 7.01. The predicted molar refractivity (Wildman–Crippen MR) is 89.7 cm³/mol. The topological polar surface area (TPSA) is 9.23 Å². The molecular weight excluding hydrogens is 399 g/mol. The van der Waals surface area contributed by atoms with Crippen LogP contribution in [0, 0.1) is 5.82 Å². The number of fused-ring (bicyclic) bond motifs is 1. The second kappa shape index (κ2) is 5.40. The minimum atomic E-state index is -0.248. The first-order valence-electron chi connectivity index (χ1n) is 6.77. The molecule has 0 N–H and O–H groups in total. The van der Waals surface area contributed by atoms with Crippen LogP contribution in [0.15, 0.2) is 40.9 Å². The van der Waals surface area contributed by atoms with E-state index in [2.05, 4.69) is 51.8 Å². The number of rotatable bonds is 2. The minimum Gasteiger partial charge on any atom is -0.487 e. The molecular formula is C17H15Br2FO. The molecule has 0 radical (unpaired) electrons. The van der Waals surface area contributed by atoms with Gasteiger partial charge in [0.2, 0.25) is 0 Å². The van der Waals surface area contributed by atoms with Crippen LogP contribution in [0.5, 0.6) is 5.75 Å². The van der Waals surface area contributed by atoms with Crippen LogP contribution < -0.4 is 4.74 Å². The molecule has 4 heteroatoms. The zero-order valence-corrected chi connectivity index (χ0v) is 15.0. The monoisotopic (exact) mass is 412 g/mol. The molecule has 1 aliphatic rings. The van der Waals surface area contributed by atoms with Gasteiger partial charge in [-0.25, -0.2) is 4.39 Å². The van der Waals surface area contributed by atoms with Crippen molar-refractivity contribution < 1.29 is 9.13 Å². The Balaban J connectivity index is 1.97. The smallest absolute Gasteiger partial charge is 0.137 e. The summed E-state index contributed by atoms with van der Waals surface area (Å²) in [6, 6.07) is 11.3. The quantitative estimate of drug-likeness (QED) is 0.566. The highest BCUT2D eigenvalue weighted by molar-refractivity contribution is 9.11. The summed E-state index contributed by atoms with van der Waals surface area (Å²) in [7, 11) is 0. The van der Waals surface area contributed by atoms with Gasteiger partial charge < -0.3 is 4.74 Å². The Hall–Kier alpha value is -0.870. The molecule has 0 bridgehead atoms. The minimum absolute atomic E-state index is 0.0587. The van der Waals surface area contributed by atoms with E-state index in [1.807, 2.05) is 18.2 Å². The van der Waals surface area contributed by atoms with Gasteiger partial charge >= 0.3 is 0 Å². The summed E-state index contributed by atoms with van der Waals surface area (Å²) < 4.78 is 20.1. The van der Waals surface area contributed by atoms with Crippen LogP contribution in [0.25, 0.3) is 0 Å². The van der Waals surface area contributed by atoms with E-state index in [1.165, 1.54) is 11.6 Å². The maximum Gasteiger partial charge on any atom is 0.137 e. The molecule has 1 atom stereocenters. The fourth-order valence-corrected chi connectivity index (χ4v) is 4.15. The lowest BCUT2D eigenvalue weighted by molar-refractivity contribution is 0.138. The molecule has 0 saturated carbocycles. The van der Waals surface area contributed by atoms with E-state index in [4.69, 9.17) is 4.74 Å². The van der Waals surface area contributed by atoms with Crippen molar-refractivity contribution >= 4 is 31.9 Å². The summed E-state index contributed by atoms with van der Waals surface area (Å²) in [5.41, 5.74) is 3.03. The zero-order valence-electron chi connectivity index (χ0n) is 11.8. The Labute approximate surface area is 140 Å². The highest BCUT2D eigenvalue weighted by Gasteiger charge is 2.30. The molecule has 3 rings (SSSR count). The van der Waals surface area contributed by atoms with E-state index in [0.29, 0.717) is 4.47 Å². The van der Waals surface area contributed by atoms with E-state index in [9.17, 15) is 4.39 Å². The summed E-state index contributed by atoms with van der Waals surface area (Å²) in [6.07, 6.45) is 0.889. The van der Waals surface area contributed by atoms with Gasteiger partial charge in [0.15, 0.2) is 0 Å². The number of ether oxygens (including phenoxy) is 1. The van der Waals surface area contributed by atoms with Crippen molar-refractivity contribution in [3.8, 4) is 5.75 Å². The van der Waals surface area contributed by atoms with Crippen LogP contribution in [-0.4, -0.2) is 5.60 Å². The normalized spacial score (nSPS) is 17.2. The Bertz CT molecular complexity index is 697. The van der Waals surface area contributed by atoms with E-state index in [0.717, 1.165) is 23.3 Å². The molecule has 0 aromatic heterocycles. The SMILES string of the molecule is CC1(C)Cc2cc(C(Br)c3cccc(F)c3Br)ccc2O1. The van der Waals surface area contributed by atoms with Crippen molar-refractivity contribution in [2.45, 2.75) is 30.7 Å². The molecule has 21 heavy (non-hydrogen) atoms. The highest BCUT2D eigenvalue weighted by atomic mass is 79.9. The van der Waals surface area contributed by atoms with E-state index < -0.39 is 0 Å². The maximum absolute atomic E-state index is 13.7. The Kier molecular flexibility index (Phi) is 3.87. The molecule has 0 saturated heterocycles. The first-order chi connectivity index (χ1) is 9.87. The zero-order chi connectivity index (χ0) is 15.2. The van der Waals surface area contributed by atoms with Crippen LogP contribution in [0.1, 0.15) is 35.4 Å². The lowest BCUT2D eigenvalue weighted by Gasteiger charge is -2.16. The van der Waals surface area contributed by atoms with Gasteiger partial charge in [-0.15, -0.1) is 0 Å². The van der Waals surface area contributed by atoms with Gasteiger partial charge in [-0.05, 0) is 58.6 Å². The van der Waals surface area contributed by atoms with Crippen molar-refractivity contribution in [1.82, 2.24) is 0 Å². The third-order valence-electron chi connectivity index (χ3n) is 3.63. The summed E-state index contributed by atoms with van der Waals surface area (Å²) in [4.78, 5) is -0.0587. The number of alkyl halides is 1. The van der Waals surface area contributed by atoms with Crippen LogP contribution in [0.4, 0.5) is 4.39 Å². The number of hydrogen-bond donors (Lipinski definition) is 0. The second-order valence-electron chi connectivity index (χ2n) is 5.91. The van der Waals surface area contributed by atoms with E-state index >= 15 is 0 Å². The van der Waals surface area contributed by atoms with E-state index in [1.54, 1.807) is 6.07 Å². The molecule has 1 heterocycles. The van der Waals surface area contributed by atoms with Gasteiger partial charge in [-0.1, -0.05) is 40.2 Å². The molecule has 0 amide bonds. The predicted octanol–water partition coefficient (Wildman–Crippen LogP) is 5.79. The third-order valence-corrected chi connectivity index (χ3v) is 5.49. The number of hydrogen-bond acceptors (Lipinski definition) is 1. The van der Waals surface area contributed by atoms with Gasteiger partial charge in [0.1, 0.15) is 17.2 Å². The highest BCUT2D eigenvalue weighted by Crippen LogP contribution is 2.41. The van der Waals surface area contributed by atoms with Crippen LogP contribution in [0.3, 0.4) is 0 Å². The lowest BCUT2D eigenvalue weighted by Crippen LogP contribution is -2.24. The van der Waals surface area contributed by atoms with E-state index in [-0.39, 0.29) is 16.2 Å². The van der Waals surface area contributed by atoms with Crippen LogP contribution in [-0.2, 0) is 6.42 Å². The molecule has 1 aliphatic heterocycles. The Morgan fingerprint density at radius 2 is 2.00 bits per heavy atom. The van der Waals surface area contributed by atoms with Crippen LogP contribution in [0.2, 0.25) is 0 Å². The van der Waals surface area contributed by atoms with Crippen molar-refractivity contribution in [2.75, 3.05) is 0 Å². The summed E-state index contributed by atoms with van der Waals surface area (Å²) in [5.74, 6) is 0.698. The van der Waals surface area contributed by atoms with Gasteiger partial charge in [0.05, 0.1) is 9.30 Å². The summed E-state index contributed by atoms with van der Waals surface area (Å²) in [6.45, 7) is 4.17. The molecule has 2 aromatic rings. The van der Waals surface area contributed by atoms with Crippen molar-refractivity contribution in [1.29, 1.82) is 0 Å². The largest absolute Gasteiger partial charge is 0.487 e. The number of halogens is 3. The average molecular weight is 414 g/mol. The fraction of sp³-hybridized carbons (Fsp3) is 0.294. The Morgan fingerprint density at radius 3 is 2.76 bits per heavy atom. The molecule has 0 fully saturated rings. The molecule has 0 spiro atoms. The van der Waals surface area contributed by atoms with Crippen molar-refractivity contribution in [3.63, 3.8) is 0 Å². The van der Waals surface area contributed by atoms with Gasteiger partial charge in [-0.2, -0.15) is 0 Å². The molecule has 2 aromatic carbocycles. The summed E-state index contributed by atoms with van der Waals surface area (Å²) in [5, 5.41) is 0. The maximum atomic E-state index is 13.7. The van der Waals surface area contributed by atoms with Crippen LogP contribution >= 0.6 is 31.9 Å². The number of benzene rings is 2. The lowest BCUT2D eigenvalue weighted by atomic mass is 9.97. The first kappa shape index (κ1) is 15.0. The second-order valence-corrected chi connectivity index (χ2v) is 7.62. The Morgan fingerprint density at radius 1 is 1.24 bits per heavy atom. The van der Waals surface area contributed by atoms with Gasteiger partial charge in [-0.3, -0.25) is 0 Å². The third kappa shape index (κ3) is 2.88.